The van der Waals surface area contributed by atoms with E-state index in [0.29, 0.717) is 13.0 Å². The average Bonchev–Trinajstić information content (AvgIpc) is 2.42. The van der Waals surface area contributed by atoms with Crippen molar-refractivity contribution in [3.63, 3.8) is 0 Å². The van der Waals surface area contributed by atoms with Crippen molar-refractivity contribution < 1.29 is 17.9 Å². The van der Waals surface area contributed by atoms with Gasteiger partial charge in [0.1, 0.15) is 6.61 Å². The Morgan fingerprint density at radius 3 is 2.62 bits per heavy atom. The summed E-state index contributed by atoms with van der Waals surface area (Å²) in [6.45, 7) is 1.04. The molecule has 7 heteroatoms. The fourth-order valence-electron chi connectivity index (χ4n) is 1.65. The minimum absolute atomic E-state index is 0.00449. The van der Waals surface area contributed by atoms with Gasteiger partial charge < -0.3 is 15.8 Å². The molecule has 1 atom stereocenters. The second kappa shape index (κ2) is 8.51. The van der Waals surface area contributed by atoms with Crippen LogP contribution in [0.15, 0.2) is 35.3 Å². The predicted molar refractivity (Wildman–Crippen MR) is 76.0 cm³/mol. The number of aliphatic imine (C=N–C) groups is 1. The first-order valence-corrected chi connectivity index (χ1v) is 6.64. The molecule has 1 aromatic rings. The molecule has 4 nitrogen and oxygen atoms in total. The van der Waals surface area contributed by atoms with E-state index in [1.807, 2.05) is 37.3 Å². The lowest BCUT2D eigenvalue weighted by atomic mass is 10.1. The minimum atomic E-state index is -4.28. The van der Waals surface area contributed by atoms with E-state index in [4.69, 9.17) is 5.73 Å². The largest absolute Gasteiger partial charge is 0.411 e. The predicted octanol–water partition coefficient (Wildman–Crippen LogP) is 2.62. The number of nitrogens with two attached hydrogens (primary N) is 1. The van der Waals surface area contributed by atoms with Gasteiger partial charge in [-0.15, -0.1) is 0 Å². The van der Waals surface area contributed by atoms with E-state index < -0.39 is 12.8 Å². The van der Waals surface area contributed by atoms with E-state index >= 15 is 0 Å². The van der Waals surface area contributed by atoms with E-state index in [1.165, 1.54) is 0 Å². The lowest BCUT2D eigenvalue weighted by Gasteiger charge is -2.14. The van der Waals surface area contributed by atoms with Crippen molar-refractivity contribution >= 4 is 5.96 Å². The van der Waals surface area contributed by atoms with Gasteiger partial charge in [-0.05, 0) is 18.9 Å². The molecular formula is C14H20F3N3O. The molecule has 0 heterocycles. The highest BCUT2D eigenvalue weighted by Crippen LogP contribution is 2.14. The fraction of sp³-hybridized carbons (Fsp3) is 0.500. The number of hydrogen-bond donors (Lipinski definition) is 2. The quantitative estimate of drug-likeness (QED) is 0.462. The summed E-state index contributed by atoms with van der Waals surface area (Å²) in [5.74, 6) is 0.266. The molecule has 0 bridgehead atoms. The van der Waals surface area contributed by atoms with Crippen LogP contribution in [0.2, 0.25) is 0 Å². The molecule has 1 rings (SSSR count). The Morgan fingerprint density at radius 2 is 2.00 bits per heavy atom. The Labute approximate surface area is 122 Å². The second-order valence-corrected chi connectivity index (χ2v) is 4.56. The van der Waals surface area contributed by atoms with Gasteiger partial charge in [0.15, 0.2) is 5.96 Å². The van der Waals surface area contributed by atoms with Crippen LogP contribution in [0.25, 0.3) is 0 Å². The molecule has 21 heavy (non-hydrogen) atoms. The molecule has 1 aromatic carbocycles. The summed E-state index contributed by atoms with van der Waals surface area (Å²) in [5, 5.41) is 3.02. The Kier molecular flexibility index (Phi) is 7.01. The summed E-state index contributed by atoms with van der Waals surface area (Å²) in [6.07, 6.45) is -3.90. The number of nitrogens with one attached hydrogen (secondary N) is 1. The lowest BCUT2D eigenvalue weighted by Crippen LogP contribution is -2.34. The molecule has 118 valence electrons. The highest BCUT2D eigenvalue weighted by molar-refractivity contribution is 5.78. The number of hydrogen-bond acceptors (Lipinski definition) is 2. The van der Waals surface area contributed by atoms with Crippen LogP contribution in [0, 0.1) is 0 Å². The maximum absolute atomic E-state index is 11.8. The monoisotopic (exact) mass is 303 g/mol. The number of rotatable bonds is 7. The minimum Gasteiger partial charge on any atom is -0.372 e. The summed E-state index contributed by atoms with van der Waals surface area (Å²) >= 11 is 0. The number of ether oxygens (including phenoxy) is 1. The molecule has 0 amide bonds. The molecule has 0 aliphatic heterocycles. The highest BCUT2D eigenvalue weighted by atomic mass is 19.4. The Bertz CT molecular complexity index is 435. The molecule has 0 saturated heterocycles. The Balaban J connectivity index is 2.21. The van der Waals surface area contributed by atoms with Gasteiger partial charge in [-0.2, -0.15) is 13.2 Å². The van der Waals surface area contributed by atoms with Crippen LogP contribution in [-0.4, -0.2) is 31.9 Å². The smallest absolute Gasteiger partial charge is 0.372 e. The number of benzene rings is 1. The van der Waals surface area contributed by atoms with Gasteiger partial charge in [0, 0.05) is 13.2 Å². The molecule has 0 saturated carbocycles. The van der Waals surface area contributed by atoms with Gasteiger partial charge in [0.25, 0.3) is 0 Å². The molecular weight excluding hydrogens is 283 g/mol. The van der Waals surface area contributed by atoms with Crippen LogP contribution in [0.5, 0.6) is 0 Å². The zero-order valence-electron chi connectivity index (χ0n) is 11.9. The molecule has 0 radical (unpaired) electrons. The van der Waals surface area contributed by atoms with Gasteiger partial charge in [-0.1, -0.05) is 30.3 Å². The third kappa shape index (κ3) is 8.19. The number of guanidine groups is 1. The van der Waals surface area contributed by atoms with E-state index in [-0.39, 0.29) is 18.6 Å². The molecule has 0 aliphatic carbocycles. The van der Waals surface area contributed by atoms with E-state index in [9.17, 15) is 13.2 Å². The average molecular weight is 303 g/mol. The van der Waals surface area contributed by atoms with Crippen LogP contribution < -0.4 is 11.1 Å². The van der Waals surface area contributed by atoms with E-state index in [1.54, 1.807) is 0 Å². The zero-order chi connectivity index (χ0) is 15.7. The first kappa shape index (κ1) is 17.3. The third-order valence-corrected chi connectivity index (χ3v) is 2.66. The standard InChI is InChI=1S/C14H20F3N3O/c1-11(12-6-3-2-4-7-12)20-13(18)19-8-5-9-21-10-14(15,16)17/h2-4,6-7,11H,5,8-10H2,1H3,(H3,18,19,20)/t11-/m0/s1. The van der Waals surface area contributed by atoms with Gasteiger partial charge in [-0.3, -0.25) is 4.99 Å². The van der Waals surface area contributed by atoms with Crippen LogP contribution in [0.1, 0.15) is 24.9 Å². The first-order chi connectivity index (χ1) is 9.88. The van der Waals surface area contributed by atoms with E-state index in [2.05, 4.69) is 15.0 Å². The van der Waals surface area contributed by atoms with Crippen molar-refractivity contribution in [1.29, 1.82) is 0 Å². The summed E-state index contributed by atoms with van der Waals surface area (Å²) in [7, 11) is 0. The molecule has 0 spiro atoms. The maximum atomic E-state index is 11.8. The Hall–Kier alpha value is -1.76. The Morgan fingerprint density at radius 1 is 1.33 bits per heavy atom. The molecule has 0 aliphatic rings. The van der Waals surface area contributed by atoms with Gasteiger partial charge in [-0.25, -0.2) is 0 Å². The highest BCUT2D eigenvalue weighted by Gasteiger charge is 2.27. The van der Waals surface area contributed by atoms with Crippen molar-refractivity contribution in [2.45, 2.75) is 25.6 Å². The van der Waals surface area contributed by atoms with E-state index in [0.717, 1.165) is 5.56 Å². The van der Waals surface area contributed by atoms with Crippen molar-refractivity contribution in [2.24, 2.45) is 10.7 Å². The van der Waals surface area contributed by atoms with Crippen LogP contribution in [0.4, 0.5) is 13.2 Å². The summed E-state index contributed by atoms with van der Waals surface area (Å²) < 4.78 is 39.9. The number of alkyl halides is 3. The summed E-state index contributed by atoms with van der Waals surface area (Å²) in [5.41, 5.74) is 6.79. The SMILES string of the molecule is C[C@H](NC(N)=NCCCOCC(F)(F)F)c1ccccc1. The zero-order valence-corrected chi connectivity index (χ0v) is 11.9. The third-order valence-electron chi connectivity index (χ3n) is 2.66. The van der Waals surface area contributed by atoms with Crippen molar-refractivity contribution in [1.82, 2.24) is 5.32 Å². The van der Waals surface area contributed by atoms with Crippen LogP contribution in [-0.2, 0) is 4.74 Å². The summed E-state index contributed by atoms with van der Waals surface area (Å²) in [6, 6.07) is 9.73. The molecule has 3 N–H and O–H groups in total. The normalized spacial score (nSPS) is 14.0. The summed E-state index contributed by atoms with van der Waals surface area (Å²) in [4.78, 5) is 4.05. The first-order valence-electron chi connectivity index (χ1n) is 6.64. The topological polar surface area (TPSA) is 59.6 Å². The lowest BCUT2D eigenvalue weighted by molar-refractivity contribution is -0.173. The fourth-order valence-corrected chi connectivity index (χ4v) is 1.65. The molecule has 0 aromatic heterocycles. The van der Waals surface area contributed by atoms with Gasteiger partial charge in [0.05, 0.1) is 6.04 Å². The van der Waals surface area contributed by atoms with Crippen LogP contribution in [0.3, 0.4) is 0 Å². The van der Waals surface area contributed by atoms with Crippen LogP contribution >= 0.6 is 0 Å². The maximum Gasteiger partial charge on any atom is 0.411 e. The van der Waals surface area contributed by atoms with Gasteiger partial charge >= 0.3 is 6.18 Å². The van der Waals surface area contributed by atoms with Crippen molar-refractivity contribution in [3.05, 3.63) is 35.9 Å². The molecule has 0 fully saturated rings. The van der Waals surface area contributed by atoms with Gasteiger partial charge in [0.2, 0.25) is 0 Å². The number of halogens is 3. The molecule has 0 unspecified atom stereocenters. The van der Waals surface area contributed by atoms with Crippen molar-refractivity contribution in [2.75, 3.05) is 19.8 Å². The second-order valence-electron chi connectivity index (χ2n) is 4.56. The number of nitrogens with zero attached hydrogens (tertiary/aromatic N) is 1. The van der Waals surface area contributed by atoms with Crippen molar-refractivity contribution in [3.8, 4) is 0 Å².